The van der Waals surface area contributed by atoms with Gasteiger partial charge in [-0.2, -0.15) is 0 Å². The van der Waals surface area contributed by atoms with E-state index in [0.29, 0.717) is 23.0 Å². The molecular formula is C20H23NO4. The van der Waals surface area contributed by atoms with E-state index in [1.165, 1.54) is 0 Å². The Morgan fingerprint density at radius 2 is 1.44 bits per heavy atom. The first kappa shape index (κ1) is 17.0. The number of aromatic hydroxyl groups is 1. The van der Waals surface area contributed by atoms with Crippen LogP contribution in [0.2, 0.25) is 0 Å². The number of phenolic OH excluding ortho intramolecular Hbond substituents is 1. The second-order valence-electron chi connectivity index (χ2n) is 6.15. The van der Waals surface area contributed by atoms with Gasteiger partial charge in [-0.05, 0) is 55.2 Å². The predicted octanol–water partition coefficient (Wildman–Crippen LogP) is 4.49. The van der Waals surface area contributed by atoms with Gasteiger partial charge in [0.1, 0.15) is 5.75 Å². The number of rotatable bonds is 4. The smallest absolute Gasteiger partial charge is 0.204 e. The Balaban J connectivity index is 2.34. The fraction of sp³-hybridized carbons (Fsp3) is 0.300. The maximum absolute atomic E-state index is 10.0. The van der Waals surface area contributed by atoms with Gasteiger partial charge in [0.05, 0.1) is 26.8 Å². The third-order valence-electron chi connectivity index (χ3n) is 4.62. The number of hydrogen-bond acceptors (Lipinski definition) is 4. The molecule has 5 nitrogen and oxygen atoms in total. The van der Waals surface area contributed by atoms with Crippen molar-refractivity contribution in [3.05, 3.63) is 34.9 Å². The highest BCUT2D eigenvalue weighted by Crippen LogP contribution is 2.46. The third-order valence-corrected chi connectivity index (χ3v) is 4.62. The van der Waals surface area contributed by atoms with Crippen molar-refractivity contribution >= 4 is 10.9 Å². The summed E-state index contributed by atoms with van der Waals surface area (Å²) in [6, 6.07) is 5.86. The number of methoxy groups -OCH3 is 3. The minimum Gasteiger partial charge on any atom is -0.507 e. The summed E-state index contributed by atoms with van der Waals surface area (Å²) < 4.78 is 16.6. The van der Waals surface area contributed by atoms with E-state index in [9.17, 15) is 5.11 Å². The van der Waals surface area contributed by atoms with Gasteiger partial charge in [-0.1, -0.05) is 0 Å². The van der Waals surface area contributed by atoms with Crippen LogP contribution in [0.4, 0.5) is 0 Å². The zero-order valence-corrected chi connectivity index (χ0v) is 15.4. The van der Waals surface area contributed by atoms with Crippen molar-refractivity contribution < 1.29 is 19.3 Å². The molecule has 0 amide bonds. The topological polar surface area (TPSA) is 63.7 Å². The molecule has 25 heavy (non-hydrogen) atoms. The van der Waals surface area contributed by atoms with Crippen molar-refractivity contribution in [2.75, 3.05) is 21.3 Å². The molecule has 1 heterocycles. The Morgan fingerprint density at radius 1 is 0.840 bits per heavy atom. The molecule has 1 aromatic heterocycles. The summed E-state index contributed by atoms with van der Waals surface area (Å²) in [6.07, 6.45) is 0. The van der Waals surface area contributed by atoms with E-state index in [1.807, 2.05) is 39.0 Å². The van der Waals surface area contributed by atoms with Crippen LogP contribution in [-0.2, 0) is 0 Å². The summed E-state index contributed by atoms with van der Waals surface area (Å²) in [6.45, 7) is 5.84. The zero-order valence-electron chi connectivity index (χ0n) is 15.4. The summed E-state index contributed by atoms with van der Waals surface area (Å²) >= 11 is 0. The minimum atomic E-state index is 0.332. The van der Waals surface area contributed by atoms with E-state index in [-0.39, 0.29) is 0 Å². The molecule has 0 saturated heterocycles. The molecule has 0 radical (unpaired) electrons. The van der Waals surface area contributed by atoms with Crippen molar-refractivity contribution in [3.8, 4) is 34.3 Å². The molecule has 0 saturated carbocycles. The fourth-order valence-electron chi connectivity index (χ4n) is 3.37. The van der Waals surface area contributed by atoms with E-state index in [4.69, 9.17) is 14.2 Å². The van der Waals surface area contributed by atoms with Crippen LogP contribution in [0.5, 0.6) is 23.0 Å². The lowest BCUT2D eigenvalue weighted by Crippen LogP contribution is -1.95. The highest BCUT2D eigenvalue weighted by Gasteiger charge is 2.21. The van der Waals surface area contributed by atoms with Crippen LogP contribution in [-0.4, -0.2) is 31.4 Å². The lowest BCUT2D eigenvalue weighted by atomic mass is 10.0. The van der Waals surface area contributed by atoms with Crippen molar-refractivity contribution in [1.82, 2.24) is 4.98 Å². The SMILES string of the molecule is COc1cc2[nH]c(-c3cc(C)c(O)c(C)c3)c(C)c2c(OC)c1OC. The molecule has 0 unspecified atom stereocenters. The number of ether oxygens (including phenoxy) is 3. The van der Waals surface area contributed by atoms with Gasteiger partial charge in [0.2, 0.25) is 5.75 Å². The molecule has 0 aliphatic rings. The Bertz CT molecular complexity index is 933. The zero-order chi connectivity index (χ0) is 18.3. The summed E-state index contributed by atoms with van der Waals surface area (Å²) in [5.74, 6) is 2.16. The number of nitrogens with one attached hydrogen (secondary N) is 1. The van der Waals surface area contributed by atoms with Crippen LogP contribution < -0.4 is 14.2 Å². The highest BCUT2D eigenvalue weighted by atomic mass is 16.5. The highest BCUT2D eigenvalue weighted by molar-refractivity contribution is 5.98. The van der Waals surface area contributed by atoms with Gasteiger partial charge in [0.15, 0.2) is 11.5 Å². The predicted molar refractivity (Wildman–Crippen MR) is 99.3 cm³/mol. The fourth-order valence-corrected chi connectivity index (χ4v) is 3.37. The average Bonchev–Trinajstić information content (AvgIpc) is 2.93. The van der Waals surface area contributed by atoms with Gasteiger partial charge in [-0.3, -0.25) is 0 Å². The molecule has 0 aliphatic carbocycles. The van der Waals surface area contributed by atoms with Gasteiger partial charge in [0, 0.05) is 17.1 Å². The number of phenols is 1. The molecule has 3 rings (SSSR count). The van der Waals surface area contributed by atoms with Crippen molar-refractivity contribution in [2.45, 2.75) is 20.8 Å². The summed E-state index contributed by atoms with van der Waals surface area (Å²) in [4.78, 5) is 3.46. The number of fused-ring (bicyclic) bond motifs is 1. The van der Waals surface area contributed by atoms with Crippen LogP contribution in [0.25, 0.3) is 22.2 Å². The van der Waals surface area contributed by atoms with Gasteiger partial charge >= 0.3 is 0 Å². The van der Waals surface area contributed by atoms with Gasteiger partial charge in [-0.25, -0.2) is 0 Å². The third kappa shape index (κ3) is 2.56. The Labute approximate surface area is 147 Å². The van der Waals surface area contributed by atoms with E-state index >= 15 is 0 Å². The number of benzene rings is 2. The van der Waals surface area contributed by atoms with Gasteiger partial charge in [-0.15, -0.1) is 0 Å². The molecule has 3 aromatic rings. The molecule has 132 valence electrons. The number of H-pyrrole nitrogens is 1. The van der Waals surface area contributed by atoms with Crippen molar-refractivity contribution in [3.63, 3.8) is 0 Å². The summed E-state index contributed by atoms with van der Waals surface area (Å²) in [5.41, 5.74) is 5.64. The van der Waals surface area contributed by atoms with Crippen LogP contribution in [0, 0.1) is 20.8 Å². The van der Waals surface area contributed by atoms with Gasteiger partial charge < -0.3 is 24.3 Å². The minimum absolute atomic E-state index is 0.332. The first-order valence-electron chi connectivity index (χ1n) is 8.04. The van der Waals surface area contributed by atoms with E-state index in [0.717, 1.165) is 38.9 Å². The second-order valence-corrected chi connectivity index (χ2v) is 6.15. The van der Waals surface area contributed by atoms with Crippen molar-refractivity contribution in [2.24, 2.45) is 0 Å². The molecule has 2 N–H and O–H groups in total. The van der Waals surface area contributed by atoms with Crippen LogP contribution in [0.3, 0.4) is 0 Å². The normalized spacial score (nSPS) is 11.0. The Morgan fingerprint density at radius 3 is 1.96 bits per heavy atom. The maximum Gasteiger partial charge on any atom is 0.204 e. The first-order chi connectivity index (χ1) is 11.9. The molecule has 0 fully saturated rings. The van der Waals surface area contributed by atoms with E-state index in [1.54, 1.807) is 21.3 Å². The van der Waals surface area contributed by atoms with Crippen molar-refractivity contribution in [1.29, 1.82) is 0 Å². The lowest BCUT2D eigenvalue weighted by Gasteiger charge is -2.13. The quantitative estimate of drug-likeness (QED) is 0.734. The summed E-state index contributed by atoms with van der Waals surface area (Å²) in [7, 11) is 4.83. The molecule has 2 aromatic carbocycles. The molecule has 0 bridgehead atoms. The molecule has 5 heteroatoms. The molecule has 0 atom stereocenters. The first-order valence-corrected chi connectivity index (χ1v) is 8.04. The Kier molecular flexibility index (Phi) is 4.25. The number of hydrogen-bond donors (Lipinski definition) is 2. The monoisotopic (exact) mass is 341 g/mol. The van der Waals surface area contributed by atoms with Gasteiger partial charge in [0.25, 0.3) is 0 Å². The lowest BCUT2D eigenvalue weighted by molar-refractivity contribution is 0.327. The second kappa shape index (κ2) is 6.24. The number of aromatic amines is 1. The largest absolute Gasteiger partial charge is 0.507 e. The standard InChI is InChI=1S/C20H23NO4/c1-10-7-13(8-11(2)18(10)22)17-12(3)16-14(21-17)9-15(23-4)19(24-5)20(16)25-6/h7-9,21-22H,1-6H3. The number of aryl methyl sites for hydroxylation is 3. The molecular weight excluding hydrogens is 318 g/mol. The number of aromatic nitrogens is 1. The van der Waals surface area contributed by atoms with Crippen LogP contribution in [0.15, 0.2) is 18.2 Å². The molecule has 0 aliphatic heterocycles. The molecule has 0 spiro atoms. The summed E-state index contributed by atoms with van der Waals surface area (Å²) in [5, 5.41) is 11.0. The maximum atomic E-state index is 10.0. The van der Waals surface area contributed by atoms with Crippen LogP contribution >= 0.6 is 0 Å². The van der Waals surface area contributed by atoms with E-state index < -0.39 is 0 Å². The van der Waals surface area contributed by atoms with E-state index in [2.05, 4.69) is 4.98 Å². The van der Waals surface area contributed by atoms with Crippen LogP contribution in [0.1, 0.15) is 16.7 Å². The Hall–Kier alpha value is -2.82. The average molecular weight is 341 g/mol.